The Morgan fingerprint density at radius 1 is 1.02 bits per heavy atom. The van der Waals surface area contributed by atoms with Crippen LogP contribution < -0.4 is 21.3 Å². The lowest BCUT2D eigenvalue weighted by molar-refractivity contribution is -0.144. The Morgan fingerprint density at radius 2 is 1.68 bits per heavy atom. The Kier molecular flexibility index (Phi) is 10.9. The molecular weight excluding hydrogens is 569 g/mol. The van der Waals surface area contributed by atoms with Gasteiger partial charge in [-0.1, -0.05) is 31.4 Å². The molecule has 1 saturated heterocycles. The lowest BCUT2D eigenvalue weighted by atomic mass is 9.83. The number of nitrogens with one attached hydrogen (secondary N) is 4. The SMILES string of the molecule is C=CCCC(NC(=O)[C@@H]1[C@@H]2[C@H](CN1C(=O)[C@@H](NC(=O)NC(C)(C)C)C1CCCCC1)C2(Cl)Cl)C(=O)C(=O)NCC=C. The minimum atomic E-state index is -1.20. The molecule has 0 aromatic heterocycles. The second-order valence-electron chi connectivity index (χ2n) is 12.3. The highest BCUT2D eigenvalue weighted by molar-refractivity contribution is 6.51. The maximum absolute atomic E-state index is 14.1. The Morgan fingerprint density at radius 3 is 2.27 bits per heavy atom. The number of urea groups is 1. The van der Waals surface area contributed by atoms with Crippen molar-refractivity contribution in [3.05, 3.63) is 25.3 Å². The second kappa shape index (κ2) is 13.6. The molecule has 0 bridgehead atoms. The van der Waals surface area contributed by atoms with Crippen molar-refractivity contribution in [2.45, 2.75) is 93.7 Å². The minimum Gasteiger partial charge on any atom is -0.346 e. The maximum Gasteiger partial charge on any atom is 0.315 e. The van der Waals surface area contributed by atoms with E-state index < -0.39 is 57.5 Å². The van der Waals surface area contributed by atoms with E-state index in [0.29, 0.717) is 6.42 Å². The lowest BCUT2D eigenvalue weighted by Crippen LogP contribution is -2.61. The molecule has 0 radical (unpaired) electrons. The average molecular weight is 613 g/mol. The van der Waals surface area contributed by atoms with Crippen molar-refractivity contribution in [2.24, 2.45) is 17.8 Å². The molecule has 0 aromatic rings. The van der Waals surface area contributed by atoms with Crippen LogP contribution in [0.2, 0.25) is 0 Å². The van der Waals surface area contributed by atoms with Crippen LogP contribution in [-0.4, -0.2) is 75.5 Å². The predicted octanol–water partition coefficient (Wildman–Crippen LogP) is 2.99. The first kappa shape index (κ1) is 32.9. The highest BCUT2D eigenvalue weighted by Crippen LogP contribution is 2.65. The van der Waals surface area contributed by atoms with E-state index in [9.17, 15) is 24.0 Å². The monoisotopic (exact) mass is 611 g/mol. The third kappa shape index (κ3) is 8.03. The summed E-state index contributed by atoms with van der Waals surface area (Å²) in [7, 11) is 0. The van der Waals surface area contributed by atoms with Crippen molar-refractivity contribution in [1.82, 2.24) is 26.2 Å². The van der Waals surface area contributed by atoms with E-state index in [2.05, 4.69) is 34.4 Å². The van der Waals surface area contributed by atoms with Gasteiger partial charge >= 0.3 is 6.03 Å². The molecule has 0 spiro atoms. The molecule has 2 aliphatic carbocycles. The molecule has 5 atom stereocenters. The first-order chi connectivity index (χ1) is 19.2. The van der Waals surface area contributed by atoms with E-state index in [1.54, 1.807) is 6.08 Å². The van der Waals surface area contributed by atoms with Crippen LogP contribution in [0.3, 0.4) is 0 Å². The molecule has 3 aliphatic rings. The van der Waals surface area contributed by atoms with Gasteiger partial charge in [0, 0.05) is 30.5 Å². The van der Waals surface area contributed by atoms with Gasteiger partial charge in [-0.15, -0.1) is 36.4 Å². The Hall–Kier alpha value is -2.59. The standard InChI is InChI=1S/C29H43Cl2N5O5/c1-6-8-14-19(23(37)25(39)32-15-7-2)33-24(38)22-20-18(29(20,30)31)16-36(22)26(40)21(17-12-10-9-11-13-17)34-27(41)35-28(3,4)5/h6-7,17-22H,1-2,8-16H2,3-5H3,(H,32,39)(H,33,38)(H2,34,35,41)/t18-,19?,20-,21-,22-/m0/s1. The van der Waals surface area contributed by atoms with Gasteiger partial charge in [0.2, 0.25) is 17.6 Å². The smallest absolute Gasteiger partial charge is 0.315 e. The summed E-state index contributed by atoms with van der Waals surface area (Å²) in [5.74, 6) is -3.62. The fourth-order valence-electron chi connectivity index (χ4n) is 5.90. The molecule has 1 unspecified atom stereocenters. The summed E-state index contributed by atoms with van der Waals surface area (Å²) >= 11 is 13.0. The summed E-state index contributed by atoms with van der Waals surface area (Å²) in [6, 6.07) is -3.49. The molecule has 2 saturated carbocycles. The van der Waals surface area contributed by atoms with Crippen LogP contribution >= 0.6 is 23.2 Å². The van der Waals surface area contributed by atoms with E-state index in [4.69, 9.17) is 23.2 Å². The van der Waals surface area contributed by atoms with Crippen LogP contribution in [0, 0.1) is 17.8 Å². The number of Topliss-reactive ketones (excluding diaryl/α,β-unsaturated/α-hetero) is 1. The molecule has 12 heteroatoms. The number of amides is 5. The van der Waals surface area contributed by atoms with Gasteiger partial charge in [-0.3, -0.25) is 19.2 Å². The molecule has 10 nitrogen and oxygen atoms in total. The first-order valence-corrected chi connectivity index (χ1v) is 15.1. The van der Waals surface area contributed by atoms with Gasteiger partial charge in [0.05, 0.1) is 6.04 Å². The summed E-state index contributed by atoms with van der Waals surface area (Å²) in [6.07, 6.45) is 8.05. The van der Waals surface area contributed by atoms with Gasteiger partial charge in [0.1, 0.15) is 16.4 Å². The zero-order chi connectivity index (χ0) is 30.5. The van der Waals surface area contributed by atoms with E-state index in [1.165, 1.54) is 11.0 Å². The Balaban J connectivity index is 1.85. The zero-order valence-electron chi connectivity index (χ0n) is 24.1. The Labute approximate surface area is 252 Å². The molecule has 41 heavy (non-hydrogen) atoms. The number of fused-ring (bicyclic) bond motifs is 1. The highest BCUT2D eigenvalue weighted by atomic mass is 35.5. The van der Waals surface area contributed by atoms with E-state index >= 15 is 0 Å². The number of piperidine rings is 1. The largest absolute Gasteiger partial charge is 0.346 e. The summed E-state index contributed by atoms with van der Waals surface area (Å²) < 4.78 is -1.20. The first-order valence-electron chi connectivity index (χ1n) is 14.3. The predicted molar refractivity (Wildman–Crippen MR) is 158 cm³/mol. The van der Waals surface area contributed by atoms with Crippen molar-refractivity contribution in [2.75, 3.05) is 13.1 Å². The lowest BCUT2D eigenvalue weighted by Gasteiger charge is -2.37. The second-order valence-corrected chi connectivity index (χ2v) is 13.7. The number of halogens is 2. The van der Waals surface area contributed by atoms with Crippen LogP contribution in [0.1, 0.15) is 65.7 Å². The van der Waals surface area contributed by atoms with Crippen molar-refractivity contribution in [1.29, 1.82) is 0 Å². The third-order valence-corrected chi connectivity index (χ3v) is 9.03. The van der Waals surface area contributed by atoms with Crippen LogP contribution in [0.15, 0.2) is 25.3 Å². The molecule has 0 aromatic carbocycles. The normalized spacial score (nSPS) is 24.7. The van der Waals surface area contributed by atoms with Gasteiger partial charge < -0.3 is 26.2 Å². The number of carbonyl (C=O) groups excluding carboxylic acids is 5. The number of hydrogen-bond acceptors (Lipinski definition) is 5. The van der Waals surface area contributed by atoms with Crippen LogP contribution in [0.5, 0.6) is 0 Å². The minimum absolute atomic E-state index is 0.0881. The van der Waals surface area contributed by atoms with E-state index in [0.717, 1.165) is 32.1 Å². The molecule has 3 fully saturated rings. The number of ketones is 1. The summed E-state index contributed by atoms with van der Waals surface area (Å²) in [4.78, 5) is 67.5. The number of likely N-dealkylation sites (tertiary alicyclic amines) is 1. The highest BCUT2D eigenvalue weighted by Gasteiger charge is 2.74. The number of nitrogens with zero attached hydrogens (tertiary/aromatic N) is 1. The van der Waals surface area contributed by atoms with Crippen molar-refractivity contribution >= 4 is 52.7 Å². The number of hydrogen-bond donors (Lipinski definition) is 4. The summed E-state index contributed by atoms with van der Waals surface area (Å²) in [5, 5.41) is 10.9. The maximum atomic E-state index is 14.1. The fraction of sp³-hybridized carbons (Fsp3) is 0.690. The quantitative estimate of drug-likeness (QED) is 0.153. The Bertz CT molecular complexity index is 1050. The van der Waals surface area contributed by atoms with Gasteiger partial charge in [0.15, 0.2) is 0 Å². The summed E-state index contributed by atoms with van der Waals surface area (Å²) in [5.41, 5.74) is -0.510. The molecule has 4 N–H and O–H groups in total. The fourth-order valence-corrected chi connectivity index (χ4v) is 6.73. The number of carbonyl (C=O) groups is 5. The third-order valence-electron chi connectivity index (χ3n) is 7.97. The molecular formula is C29H43Cl2N5O5. The summed E-state index contributed by atoms with van der Waals surface area (Å²) in [6.45, 7) is 13.0. The number of rotatable bonds is 12. The molecule has 1 aliphatic heterocycles. The topological polar surface area (TPSA) is 137 Å². The van der Waals surface area contributed by atoms with Gasteiger partial charge in [-0.2, -0.15) is 0 Å². The van der Waals surface area contributed by atoms with Gasteiger partial charge in [-0.05, 0) is 52.4 Å². The van der Waals surface area contributed by atoms with Gasteiger partial charge in [0.25, 0.3) is 5.91 Å². The van der Waals surface area contributed by atoms with Crippen LogP contribution in [0.4, 0.5) is 4.79 Å². The van der Waals surface area contributed by atoms with Crippen LogP contribution in [0.25, 0.3) is 0 Å². The average Bonchev–Trinajstić information content (AvgIpc) is 3.23. The number of alkyl halides is 2. The van der Waals surface area contributed by atoms with Gasteiger partial charge in [-0.25, -0.2) is 4.79 Å². The van der Waals surface area contributed by atoms with Crippen LogP contribution in [-0.2, 0) is 19.2 Å². The van der Waals surface area contributed by atoms with E-state index in [1.807, 2.05) is 20.8 Å². The van der Waals surface area contributed by atoms with E-state index in [-0.39, 0.29) is 37.3 Å². The molecule has 3 rings (SSSR count). The van der Waals surface area contributed by atoms with Crippen molar-refractivity contribution in [3.8, 4) is 0 Å². The molecule has 228 valence electrons. The van der Waals surface area contributed by atoms with Crippen molar-refractivity contribution < 1.29 is 24.0 Å². The van der Waals surface area contributed by atoms with Crippen molar-refractivity contribution in [3.63, 3.8) is 0 Å². The molecule has 5 amide bonds. The zero-order valence-corrected chi connectivity index (χ0v) is 25.7. The molecule has 1 heterocycles. The number of allylic oxidation sites excluding steroid dienone is 1.